The van der Waals surface area contributed by atoms with E-state index in [-0.39, 0.29) is 0 Å². The van der Waals surface area contributed by atoms with Gasteiger partial charge in [0, 0.05) is 28.7 Å². The molecule has 0 saturated carbocycles. The number of pyridine rings is 1. The quantitative estimate of drug-likeness (QED) is 0.400. The maximum atomic E-state index is 6.09. The molecule has 0 fully saturated rings. The Morgan fingerprint density at radius 1 is 0.833 bits per heavy atom. The van der Waals surface area contributed by atoms with Crippen LogP contribution in [0.15, 0.2) is 91.5 Å². The summed E-state index contributed by atoms with van der Waals surface area (Å²) in [4.78, 5) is 13.5. The Morgan fingerprint density at radius 2 is 1.63 bits per heavy atom. The van der Waals surface area contributed by atoms with Crippen LogP contribution in [0, 0.1) is 0 Å². The zero-order chi connectivity index (χ0) is 20.3. The fraction of sp³-hybridized carbons (Fsp3) is 0.0417. The van der Waals surface area contributed by atoms with Crippen LogP contribution in [0.3, 0.4) is 0 Å². The Balaban J connectivity index is 1.67. The average molecular weight is 412 g/mol. The van der Waals surface area contributed by atoms with Crippen LogP contribution in [0.1, 0.15) is 5.69 Å². The van der Waals surface area contributed by atoms with Crippen molar-refractivity contribution < 1.29 is 0 Å². The van der Waals surface area contributed by atoms with Gasteiger partial charge in [-0.25, -0.2) is 9.97 Å². The van der Waals surface area contributed by atoms with Crippen LogP contribution < -0.4 is 5.32 Å². The summed E-state index contributed by atoms with van der Waals surface area (Å²) in [7, 11) is 0. The average Bonchev–Trinajstić information content (AvgIpc) is 3.20. The SMILES string of the molecule is Clc1ccc(-n2cc(-c3ccccc3)c3c(NCc4ccccn4)ncnc32)cc1. The van der Waals surface area contributed by atoms with Gasteiger partial charge in [0.05, 0.1) is 17.6 Å². The van der Waals surface area contributed by atoms with Crippen LogP contribution in [-0.2, 0) is 6.54 Å². The molecule has 0 aliphatic heterocycles. The number of rotatable bonds is 5. The standard InChI is InChI=1S/C24H18ClN5/c25-18-9-11-20(12-10-18)30-15-21(17-6-2-1-3-7-17)22-23(28-16-29-24(22)30)27-14-19-8-4-5-13-26-19/h1-13,15-16H,14H2,(H,27,28,29). The second-order valence-electron chi connectivity index (χ2n) is 6.85. The number of nitrogens with zero attached hydrogens (tertiary/aromatic N) is 4. The molecule has 2 aromatic carbocycles. The van der Waals surface area contributed by atoms with Gasteiger partial charge in [-0.1, -0.05) is 48.0 Å². The molecule has 0 spiro atoms. The van der Waals surface area contributed by atoms with Crippen molar-refractivity contribution in [2.45, 2.75) is 6.54 Å². The van der Waals surface area contributed by atoms with E-state index in [0.29, 0.717) is 11.6 Å². The van der Waals surface area contributed by atoms with Gasteiger partial charge < -0.3 is 9.88 Å². The Hall–Kier alpha value is -3.70. The number of nitrogens with one attached hydrogen (secondary N) is 1. The molecule has 0 amide bonds. The summed E-state index contributed by atoms with van der Waals surface area (Å²) in [6.07, 6.45) is 5.48. The van der Waals surface area contributed by atoms with E-state index in [1.165, 1.54) is 0 Å². The van der Waals surface area contributed by atoms with Crippen molar-refractivity contribution in [3.63, 3.8) is 0 Å². The lowest BCUT2D eigenvalue weighted by molar-refractivity contribution is 1.02. The maximum absolute atomic E-state index is 6.09. The fourth-order valence-electron chi connectivity index (χ4n) is 3.51. The van der Waals surface area contributed by atoms with Gasteiger partial charge in [-0.3, -0.25) is 4.98 Å². The third-order valence-corrected chi connectivity index (χ3v) is 5.19. The van der Waals surface area contributed by atoms with Crippen molar-refractivity contribution in [3.8, 4) is 16.8 Å². The minimum Gasteiger partial charge on any atom is -0.364 e. The molecule has 3 aromatic heterocycles. The van der Waals surface area contributed by atoms with Gasteiger partial charge in [0.15, 0.2) is 5.65 Å². The molecule has 0 unspecified atom stereocenters. The Morgan fingerprint density at radius 3 is 2.40 bits per heavy atom. The van der Waals surface area contributed by atoms with Crippen molar-refractivity contribution in [1.29, 1.82) is 0 Å². The van der Waals surface area contributed by atoms with Crippen molar-refractivity contribution in [2.24, 2.45) is 0 Å². The summed E-state index contributed by atoms with van der Waals surface area (Å²) in [5.41, 5.74) is 4.92. The van der Waals surface area contributed by atoms with E-state index in [4.69, 9.17) is 11.6 Å². The second kappa shape index (κ2) is 7.97. The van der Waals surface area contributed by atoms with Gasteiger partial charge in [-0.15, -0.1) is 0 Å². The van der Waals surface area contributed by atoms with Crippen molar-refractivity contribution in [2.75, 3.05) is 5.32 Å². The van der Waals surface area contributed by atoms with Gasteiger partial charge in [-0.2, -0.15) is 0 Å². The van der Waals surface area contributed by atoms with Gasteiger partial charge in [-0.05, 0) is 42.0 Å². The minimum atomic E-state index is 0.577. The van der Waals surface area contributed by atoms with Crippen LogP contribution >= 0.6 is 11.6 Å². The number of anilines is 1. The summed E-state index contributed by atoms with van der Waals surface area (Å²) in [6, 6.07) is 23.9. The highest BCUT2D eigenvalue weighted by atomic mass is 35.5. The van der Waals surface area contributed by atoms with Crippen molar-refractivity contribution in [3.05, 3.63) is 102 Å². The highest BCUT2D eigenvalue weighted by molar-refractivity contribution is 6.30. The maximum Gasteiger partial charge on any atom is 0.150 e. The Kier molecular flexibility index (Phi) is 4.87. The van der Waals surface area contributed by atoms with Crippen LogP contribution in [-0.4, -0.2) is 19.5 Å². The first-order chi connectivity index (χ1) is 14.8. The molecular weight excluding hydrogens is 394 g/mol. The summed E-state index contributed by atoms with van der Waals surface area (Å²) < 4.78 is 2.07. The van der Waals surface area contributed by atoms with E-state index in [0.717, 1.165) is 39.4 Å². The molecule has 0 bridgehead atoms. The molecule has 3 heterocycles. The van der Waals surface area contributed by atoms with Gasteiger partial charge in [0.25, 0.3) is 0 Å². The van der Waals surface area contributed by atoms with Crippen molar-refractivity contribution in [1.82, 2.24) is 19.5 Å². The number of hydrogen-bond acceptors (Lipinski definition) is 4. The lowest BCUT2D eigenvalue weighted by atomic mass is 10.1. The van der Waals surface area contributed by atoms with Gasteiger partial charge in [0.1, 0.15) is 12.1 Å². The Labute approximate surface area is 179 Å². The zero-order valence-electron chi connectivity index (χ0n) is 16.0. The number of fused-ring (bicyclic) bond motifs is 1. The molecule has 0 saturated heterocycles. The molecule has 0 aliphatic rings. The molecule has 5 nitrogen and oxygen atoms in total. The molecule has 0 atom stereocenters. The molecular formula is C24H18ClN5. The highest BCUT2D eigenvalue weighted by Gasteiger charge is 2.17. The van der Waals surface area contributed by atoms with Gasteiger partial charge in [0.2, 0.25) is 0 Å². The molecule has 5 aromatic rings. The predicted octanol–water partition coefficient (Wildman–Crippen LogP) is 5.75. The number of halogens is 1. The number of benzene rings is 2. The second-order valence-corrected chi connectivity index (χ2v) is 7.29. The van der Waals surface area contributed by atoms with Crippen molar-refractivity contribution >= 4 is 28.5 Å². The lowest BCUT2D eigenvalue weighted by Crippen LogP contribution is -2.04. The summed E-state index contributed by atoms with van der Waals surface area (Å²) in [5, 5.41) is 5.11. The first kappa shape index (κ1) is 18.3. The largest absolute Gasteiger partial charge is 0.364 e. The smallest absolute Gasteiger partial charge is 0.150 e. The molecule has 1 N–H and O–H groups in total. The lowest BCUT2D eigenvalue weighted by Gasteiger charge is -2.08. The third kappa shape index (κ3) is 3.51. The first-order valence-electron chi connectivity index (χ1n) is 9.61. The van der Waals surface area contributed by atoms with Crippen LogP contribution in [0.25, 0.3) is 27.8 Å². The summed E-state index contributed by atoms with van der Waals surface area (Å²) in [6.45, 7) is 0.577. The van der Waals surface area contributed by atoms with E-state index in [1.807, 2.05) is 60.7 Å². The van der Waals surface area contributed by atoms with Gasteiger partial charge >= 0.3 is 0 Å². The van der Waals surface area contributed by atoms with E-state index < -0.39 is 0 Å². The normalized spacial score (nSPS) is 11.0. The molecule has 30 heavy (non-hydrogen) atoms. The number of hydrogen-bond donors (Lipinski definition) is 1. The van der Waals surface area contributed by atoms with E-state index >= 15 is 0 Å². The molecule has 0 radical (unpaired) electrons. The van der Waals surface area contributed by atoms with Crippen LogP contribution in [0.4, 0.5) is 5.82 Å². The predicted molar refractivity (Wildman–Crippen MR) is 121 cm³/mol. The highest BCUT2D eigenvalue weighted by Crippen LogP contribution is 2.35. The van der Waals surface area contributed by atoms with E-state index in [2.05, 4.69) is 43.2 Å². The minimum absolute atomic E-state index is 0.577. The molecule has 0 aliphatic carbocycles. The summed E-state index contributed by atoms with van der Waals surface area (Å²) in [5.74, 6) is 0.775. The Bertz CT molecular complexity index is 1280. The topological polar surface area (TPSA) is 55.6 Å². The fourth-order valence-corrected chi connectivity index (χ4v) is 3.63. The number of aromatic nitrogens is 4. The molecule has 6 heteroatoms. The molecule has 146 valence electrons. The van der Waals surface area contributed by atoms with E-state index in [9.17, 15) is 0 Å². The third-order valence-electron chi connectivity index (χ3n) is 4.94. The molecule has 5 rings (SSSR count). The van der Waals surface area contributed by atoms with Crippen LogP contribution in [0.2, 0.25) is 5.02 Å². The zero-order valence-corrected chi connectivity index (χ0v) is 16.8. The van der Waals surface area contributed by atoms with Crippen LogP contribution in [0.5, 0.6) is 0 Å². The summed E-state index contributed by atoms with van der Waals surface area (Å²) >= 11 is 6.09. The van der Waals surface area contributed by atoms with E-state index in [1.54, 1.807) is 12.5 Å². The monoisotopic (exact) mass is 411 g/mol. The first-order valence-corrected chi connectivity index (χ1v) is 9.98.